The number of aromatic nitrogens is 2. The Balaban J connectivity index is 2.78. The van der Waals surface area contributed by atoms with Crippen LogP contribution in [0.25, 0.3) is 0 Å². The number of hydrogen-bond donors (Lipinski definition) is 2. The van der Waals surface area contributed by atoms with Crippen LogP contribution in [0.2, 0.25) is 0 Å². The fourth-order valence-corrected chi connectivity index (χ4v) is 2.74. The van der Waals surface area contributed by atoms with Gasteiger partial charge in [-0.05, 0) is 24.3 Å². The summed E-state index contributed by atoms with van der Waals surface area (Å²) >= 11 is 4.85. The van der Waals surface area contributed by atoms with Gasteiger partial charge >= 0.3 is 12.4 Å². The predicted octanol–water partition coefficient (Wildman–Crippen LogP) is 0.473. The summed E-state index contributed by atoms with van der Waals surface area (Å²) in [4.78, 5) is 25.1. The zero-order valence-electron chi connectivity index (χ0n) is 13.2. The monoisotopic (exact) mass is 367 g/mol. The van der Waals surface area contributed by atoms with Crippen LogP contribution in [-0.2, 0) is 37.1 Å². The lowest BCUT2D eigenvalue weighted by atomic mass is 10.1. The Morgan fingerprint density at radius 2 is 2.17 bits per heavy atom. The van der Waals surface area contributed by atoms with Gasteiger partial charge in [0.05, 0.1) is 12.7 Å². The highest BCUT2D eigenvalue weighted by Crippen LogP contribution is 2.44. The smallest absolute Gasteiger partial charge is 0.351 e. The van der Waals surface area contributed by atoms with Crippen molar-refractivity contribution in [2.75, 3.05) is 26.6 Å². The van der Waals surface area contributed by atoms with Gasteiger partial charge in [-0.1, -0.05) is 6.92 Å². The van der Waals surface area contributed by atoms with Gasteiger partial charge in [-0.15, -0.1) is 0 Å². The third kappa shape index (κ3) is 6.64. The Morgan fingerprint density at radius 1 is 1.48 bits per heavy atom. The normalized spacial score (nSPS) is 16.7. The van der Waals surface area contributed by atoms with E-state index < -0.39 is 24.6 Å². The minimum Gasteiger partial charge on any atom is -0.383 e. The molecule has 23 heavy (non-hydrogen) atoms. The maximum Gasteiger partial charge on any atom is 0.351 e. The van der Waals surface area contributed by atoms with Crippen molar-refractivity contribution in [2.24, 2.45) is 0 Å². The van der Waals surface area contributed by atoms with E-state index in [1.165, 1.54) is 31.0 Å². The van der Waals surface area contributed by atoms with E-state index in [4.69, 9.17) is 36.1 Å². The highest BCUT2D eigenvalue weighted by Gasteiger charge is 2.28. The molecule has 1 aromatic rings. The van der Waals surface area contributed by atoms with E-state index in [1.807, 2.05) is 6.92 Å². The van der Waals surface area contributed by atoms with Gasteiger partial charge in [-0.3, -0.25) is 4.57 Å². The molecular weight excluding hydrogens is 345 g/mol. The first-order chi connectivity index (χ1) is 10.8. The van der Waals surface area contributed by atoms with Crippen LogP contribution >= 0.6 is 6.72 Å². The van der Waals surface area contributed by atoms with Crippen LogP contribution in [0.5, 0.6) is 0 Å². The highest BCUT2D eigenvalue weighted by molar-refractivity contribution is 8.07. The summed E-state index contributed by atoms with van der Waals surface area (Å²) in [7, 11) is 2.76. The maximum atomic E-state index is 11.7. The number of rotatable bonds is 10. The summed E-state index contributed by atoms with van der Waals surface area (Å²) in [5.74, 6) is 0.139. The Bertz CT molecular complexity index is 598. The zero-order valence-corrected chi connectivity index (χ0v) is 15.0. The summed E-state index contributed by atoms with van der Waals surface area (Å²) in [5, 5.41) is 0. The maximum absolute atomic E-state index is 11.7. The van der Waals surface area contributed by atoms with Crippen molar-refractivity contribution in [1.82, 2.24) is 9.55 Å². The Kier molecular flexibility index (Phi) is 8.27. The fraction of sp³-hybridized carbons (Fsp3) is 0.667. The third-order valence-electron chi connectivity index (χ3n) is 2.97. The molecule has 0 aromatic carbocycles. The van der Waals surface area contributed by atoms with Crippen molar-refractivity contribution in [3.8, 4) is 0 Å². The average molecular weight is 367 g/mol. The molecular formula is C12H22N3O6PS. The van der Waals surface area contributed by atoms with Crippen molar-refractivity contribution in [3.05, 3.63) is 22.7 Å². The molecule has 0 saturated carbocycles. The number of hydrogen-bond acceptors (Lipinski definition) is 8. The van der Waals surface area contributed by atoms with Crippen LogP contribution in [0.3, 0.4) is 0 Å². The first kappa shape index (κ1) is 20.2. The van der Waals surface area contributed by atoms with Crippen molar-refractivity contribution in [2.45, 2.75) is 32.3 Å². The Hall–Kier alpha value is -0.870. The van der Waals surface area contributed by atoms with Crippen LogP contribution < -0.4 is 11.4 Å². The van der Waals surface area contributed by atoms with Crippen LogP contribution in [0.4, 0.5) is 5.82 Å². The van der Waals surface area contributed by atoms with Gasteiger partial charge in [0.25, 0.3) is 0 Å². The first-order valence-electron chi connectivity index (χ1n) is 6.83. The summed E-state index contributed by atoms with van der Waals surface area (Å²) in [6.07, 6.45) is 0.918. The second kappa shape index (κ2) is 9.43. The molecule has 0 radical (unpaired) electrons. The summed E-state index contributed by atoms with van der Waals surface area (Å²) in [6, 6.07) is 1.49. The molecule has 0 bridgehead atoms. The minimum atomic E-state index is -3.36. The third-order valence-corrected chi connectivity index (χ3v) is 4.67. The van der Waals surface area contributed by atoms with Gasteiger partial charge in [0.15, 0.2) is 0 Å². The van der Waals surface area contributed by atoms with Crippen LogP contribution in [-0.4, -0.2) is 47.5 Å². The minimum absolute atomic E-state index is 0.0462. The molecule has 1 heterocycles. The van der Waals surface area contributed by atoms with Gasteiger partial charge < -0.3 is 29.1 Å². The number of ether oxygens (including phenoxy) is 2. The van der Waals surface area contributed by atoms with Gasteiger partial charge in [0.1, 0.15) is 18.7 Å². The summed E-state index contributed by atoms with van der Waals surface area (Å²) < 4.78 is 22.2. The van der Waals surface area contributed by atoms with Gasteiger partial charge in [-0.2, -0.15) is 4.98 Å². The molecule has 0 spiro atoms. The SMILES string of the molecule is CCC(OCn1ccc(N)nc1=O)[C@@H](COC)OP(O)(=S)OC. The lowest BCUT2D eigenvalue weighted by Crippen LogP contribution is -2.36. The fourth-order valence-electron chi connectivity index (χ4n) is 1.79. The van der Waals surface area contributed by atoms with E-state index in [2.05, 4.69) is 4.98 Å². The Morgan fingerprint density at radius 3 is 2.70 bits per heavy atom. The molecule has 0 fully saturated rings. The lowest BCUT2D eigenvalue weighted by molar-refractivity contribution is -0.0821. The molecule has 3 N–H and O–H groups in total. The molecule has 11 heteroatoms. The predicted molar refractivity (Wildman–Crippen MR) is 88.3 cm³/mol. The molecule has 0 aliphatic carbocycles. The zero-order chi connectivity index (χ0) is 17.5. The van der Waals surface area contributed by atoms with E-state index in [0.717, 1.165) is 0 Å². The van der Waals surface area contributed by atoms with Crippen LogP contribution in [0.15, 0.2) is 17.1 Å². The van der Waals surface area contributed by atoms with Crippen LogP contribution in [0.1, 0.15) is 13.3 Å². The van der Waals surface area contributed by atoms with Crippen LogP contribution in [0, 0.1) is 0 Å². The van der Waals surface area contributed by atoms with Gasteiger partial charge in [0.2, 0.25) is 0 Å². The number of anilines is 1. The van der Waals surface area contributed by atoms with E-state index in [9.17, 15) is 9.69 Å². The van der Waals surface area contributed by atoms with Gasteiger partial charge in [-0.25, -0.2) is 4.79 Å². The van der Waals surface area contributed by atoms with Crippen molar-refractivity contribution in [3.63, 3.8) is 0 Å². The number of methoxy groups -OCH3 is 1. The number of nitrogens with zero attached hydrogens (tertiary/aromatic N) is 2. The number of nitrogens with two attached hydrogens (primary N) is 1. The molecule has 9 nitrogen and oxygen atoms in total. The van der Waals surface area contributed by atoms with Gasteiger partial charge in [0, 0.05) is 20.4 Å². The largest absolute Gasteiger partial charge is 0.383 e. The standard InChI is InChI=1S/C12H22N3O6PS/c1-4-9(10(7-18-2)21-22(17,23)19-3)20-8-15-6-5-11(13)14-12(15)16/h5-6,9-10H,4,7-8H2,1-3H3,(H,17,23)(H2,13,14,16)/t9?,10-,22?/m1/s1. The van der Waals surface area contributed by atoms with Crippen molar-refractivity contribution >= 4 is 24.3 Å². The molecule has 0 amide bonds. The molecule has 2 unspecified atom stereocenters. The molecule has 0 aliphatic heterocycles. The molecule has 132 valence electrons. The van der Waals surface area contributed by atoms with E-state index in [-0.39, 0.29) is 19.2 Å². The van der Waals surface area contributed by atoms with Crippen molar-refractivity contribution in [1.29, 1.82) is 0 Å². The van der Waals surface area contributed by atoms with E-state index in [1.54, 1.807) is 0 Å². The first-order valence-corrected chi connectivity index (χ1v) is 9.42. The molecule has 0 saturated heterocycles. The quantitative estimate of drug-likeness (QED) is 0.569. The summed E-state index contributed by atoms with van der Waals surface area (Å²) in [5.41, 5.74) is 4.91. The topological polar surface area (TPSA) is 118 Å². The van der Waals surface area contributed by atoms with E-state index >= 15 is 0 Å². The molecule has 3 atom stereocenters. The average Bonchev–Trinajstić information content (AvgIpc) is 2.49. The highest BCUT2D eigenvalue weighted by atomic mass is 32.5. The molecule has 0 aliphatic rings. The van der Waals surface area contributed by atoms with Crippen molar-refractivity contribution < 1.29 is 23.4 Å². The molecule has 1 rings (SSSR count). The second-order valence-electron chi connectivity index (χ2n) is 4.60. The second-order valence-corrected chi connectivity index (χ2v) is 7.49. The van der Waals surface area contributed by atoms with E-state index in [0.29, 0.717) is 6.42 Å². The Labute approximate surface area is 139 Å². The number of nitrogen functional groups attached to an aromatic ring is 1. The molecule has 1 aromatic heterocycles. The summed E-state index contributed by atoms with van der Waals surface area (Å²) in [6.45, 7) is -1.39. The lowest BCUT2D eigenvalue weighted by Gasteiger charge is -2.28.